The third-order valence-electron chi connectivity index (χ3n) is 4.09. The number of H-pyrrole nitrogens is 1. The highest BCUT2D eigenvalue weighted by atomic mass is 16.6. The van der Waals surface area contributed by atoms with Crippen molar-refractivity contribution < 1.29 is 19.2 Å². The van der Waals surface area contributed by atoms with Crippen molar-refractivity contribution in [3.05, 3.63) is 61.3 Å². The van der Waals surface area contributed by atoms with E-state index < -0.39 is 28.3 Å². The molecule has 26 heavy (non-hydrogen) atoms. The number of Topliss-reactive ketones (excluding diaryl/α,β-unsaturated/α-hetero) is 1. The lowest BCUT2D eigenvalue weighted by Crippen LogP contribution is -2.28. The minimum Gasteiger partial charge on any atom is -0.462 e. The lowest BCUT2D eigenvalue weighted by atomic mass is 10.0. The second-order valence-corrected chi connectivity index (χ2v) is 5.78. The highest BCUT2D eigenvalue weighted by molar-refractivity contribution is 6.03. The Morgan fingerprint density at radius 2 is 2.00 bits per heavy atom. The summed E-state index contributed by atoms with van der Waals surface area (Å²) < 4.78 is 5.99. The summed E-state index contributed by atoms with van der Waals surface area (Å²) in [6.45, 7) is 6.59. The molecular formula is C17H19N3O6. The van der Waals surface area contributed by atoms with Gasteiger partial charge in [-0.2, -0.15) is 0 Å². The predicted molar refractivity (Wildman–Crippen MR) is 92.6 cm³/mol. The number of aromatic nitrogens is 2. The number of pyridine rings is 1. The molecule has 0 spiro atoms. The Bertz CT molecular complexity index is 940. The van der Waals surface area contributed by atoms with Gasteiger partial charge in [0, 0.05) is 17.8 Å². The number of aryl methyl sites for hydroxylation is 1. The second kappa shape index (κ2) is 7.34. The Hall–Kier alpha value is -3.23. The molecular weight excluding hydrogens is 342 g/mol. The third-order valence-corrected chi connectivity index (χ3v) is 4.09. The Kier molecular flexibility index (Phi) is 5.39. The van der Waals surface area contributed by atoms with Crippen molar-refractivity contribution in [1.29, 1.82) is 0 Å². The first-order valence-corrected chi connectivity index (χ1v) is 7.96. The molecule has 0 aliphatic heterocycles. The van der Waals surface area contributed by atoms with Gasteiger partial charge in [-0.25, -0.2) is 4.79 Å². The summed E-state index contributed by atoms with van der Waals surface area (Å²) in [5.74, 6) is -1.01. The molecule has 0 amide bonds. The van der Waals surface area contributed by atoms with Gasteiger partial charge in [-0.15, -0.1) is 0 Å². The van der Waals surface area contributed by atoms with Gasteiger partial charge in [-0.1, -0.05) is 0 Å². The van der Waals surface area contributed by atoms with E-state index in [0.29, 0.717) is 11.3 Å². The van der Waals surface area contributed by atoms with Gasteiger partial charge in [0.15, 0.2) is 0 Å². The van der Waals surface area contributed by atoms with Crippen molar-refractivity contribution in [2.75, 3.05) is 6.61 Å². The van der Waals surface area contributed by atoms with Gasteiger partial charge in [0.1, 0.15) is 0 Å². The normalized spacial score (nSPS) is 11.8. The maximum atomic E-state index is 12.8. The number of rotatable bonds is 6. The van der Waals surface area contributed by atoms with Crippen molar-refractivity contribution in [3.8, 4) is 0 Å². The lowest BCUT2D eigenvalue weighted by molar-refractivity contribution is -0.385. The van der Waals surface area contributed by atoms with Crippen LogP contribution in [-0.4, -0.2) is 32.8 Å². The van der Waals surface area contributed by atoms with E-state index in [1.54, 1.807) is 20.8 Å². The summed E-state index contributed by atoms with van der Waals surface area (Å²) in [5, 5.41) is 10.9. The summed E-state index contributed by atoms with van der Waals surface area (Å²) >= 11 is 0. The Morgan fingerprint density at radius 1 is 1.35 bits per heavy atom. The number of ether oxygens (including phenoxy) is 1. The van der Waals surface area contributed by atoms with Crippen LogP contribution < -0.4 is 5.56 Å². The molecule has 138 valence electrons. The standard InChI is InChI=1S/C17H19N3O6/c1-5-26-17(23)14-9(2)15(18-10(14)3)16(22)11(4)19-8-12(20(24)25)6-7-13(19)21/h6-8,11,18H,5H2,1-4H3/t11-/m0/s1. The average molecular weight is 361 g/mol. The van der Waals surface area contributed by atoms with Crippen molar-refractivity contribution in [2.24, 2.45) is 0 Å². The van der Waals surface area contributed by atoms with Crippen LogP contribution in [0.25, 0.3) is 0 Å². The molecule has 1 N–H and O–H groups in total. The van der Waals surface area contributed by atoms with Crippen molar-refractivity contribution in [1.82, 2.24) is 9.55 Å². The molecule has 0 saturated heterocycles. The maximum Gasteiger partial charge on any atom is 0.340 e. The van der Waals surface area contributed by atoms with Gasteiger partial charge in [-0.3, -0.25) is 24.3 Å². The van der Waals surface area contributed by atoms with Gasteiger partial charge in [0.05, 0.1) is 35.0 Å². The largest absolute Gasteiger partial charge is 0.462 e. The molecule has 2 heterocycles. The Morgan fingerprint density at radius 3 is 2.58 bits per heavy atom. The van der Waals surface area contributed by atoms with E-state index in [1.807, 2.05) is 0 Å². The van der Waals surface area contributed by atoms with Crippen molar-refractivity contribution in [3.63, 3.8) is 0 Å². The Labute approximate surface area is 148 Å². The SMILES string of the molecule is CCOC(=O)c1c(C)[nH]c(C(=O)[C@H](C)n2cc([N+](=O)[O-])ccc2=O)c1C. The monoisotopic (exact) mass is 361 g/mol. The van der Waals surface area contributed by atoms with E-state index >= 15 is 0 Å². The van der Waals surface area contributed by atoms with Crippen LogP contribution in [0.4, 0.5) is 5.69 Å². The van der Waals surface area contributed by atoms with Gasteiger partial charge < -0.3 is 9.72 Å². The highest BCUT2D eigenvalue weighted by Gasteiger charge is 2.27. The van der Waals surface area contributed by atoms with E-state index in [0.717, 1.165) is 22.9 Å². The first-order chi connectivity index (χ1) is 12.2. The quantitative estimate of drug-likeness (QED) is 0.364. The zero-order chi connectivity index (χ0) is 19.6. The second-order valence-electron chi connectivity index (χ2n) is 5.78. The molecule has 1 atom stereocenters. The van der Waals surface area contributed by atoms with Crippen LogP contribution in [-0.2, 0) is 4.74 Å². The summed E-state index contributed by atoms with van der Waals surface area (Å²) in [7, 11) is 0. The Balaban J connectivity index is 2.46. The molecule has 9 heteroatoms. The maximum absolute atomic E-state index is 12.8. The molecule has 0 aliphatic rings. The molecule has 0 fully saturated rings. The number of nitrogens with one attached hydrogen (secondary N) is 1. The fourth-order valence-electron chi connectivity index (χ4n) is 2.74. The van der Waals surface area contributed by atoms with E-state index in [-0.39, 0.29) is 23.6 Å². The molecule has 2 rings (SSSR count). The smallest absolute Gasteiger partial charge is 0.340 e. The molecule has 0 aromatic carbocycles. The molecule has 2 aromatic heterocycles. The fraction of sp³-hybridized carbons (Fsp3) is 0.353. The van der Waals surface area contributed by atoms with Crippen LogP contribution in [0.1, 0.15) is 52.0 Å². The van der Waals surface area contributed by atoms with Gasteiger partial charge in [0.2, 0.25) is 5.78 Å². The van der Waals surface area contributed by atoms with Crippen LogP contribution in [0.3, 0.4) is 0 Å². The van der Waals surface area contributed by atoms with E-state index in [9.17, 15) is 24.5 Å². The first-order valence-electron chi connectivity index (χ1n) is 7.96. The molecule has 0 unspecified atom stereocenters. The summed E-state index contributed by atoms with van der Waals surface area (Å²) in [5.41, 5.74) is 0.489. The minimum absolute atomic E-state index is 0.163. The number of carbonyl (C=O) groups excluding carboxylic acids is 2. The zero-order valence-corrected chi connectivity index (χ0v) is 14.9. The number of esters is 1. The number of hydrogen-bond donors (Lipinski definition) is 1. The third kappa shape index (κ3) is 3.41. The predicted octanol–water partition coefficient (Wildman–Crippen LogP) is 2.32. The zero-order valence-electron chi connectivity index (χ0n) is 14.9. The lowest BCUT2D eigenvalue weighted by Gasteiger charge is -2.13. The van der Waals surface area contributed by atoms with Crippen molar-refractivity contribution in [2.45, 2.75) is 33.7 Å². The molecule has 0 aliphatic carbocycles. The van der Waals surface area contributed by atoms with Crippen LogP contribution in [0.5, 0.6) is 0 Å². The van der Waals surface area contributed by atoms with Crippen LogP contribution in [0.2, 0.25) is 0 Å². The van der Waals surface area contributed by atoms with Gasteiger partial charge in [-0.05, 0) is 33.3 Å². The molecule has 9 nitrogen and oxygen atoms in total. The van der Waals surface area contributed by atoms with Crippen molar-refractivity contribution >= 4 is 17.4 Å². The van der Waals surface area contributed by atoms with Gasteiger partial charge in [0.25, 0.3) is 11.2 Å². The number of nitrogens with zero attached hydrogens (tertiary/aromatic N) is 2. The topological polar surface area (TPSA) is 124 Å². The molecule has 2 aromatic rings. The summed E-state index contributed by atoms with van der Waals surface area (Å²) in [6.07, 6.45) is 1.03. The number of nitro groups is 1. The van der Waals surface area contributed by atoms with E-state index in [2.05, 4.69) is 4.98 Å². The minimum atomic E-state index is -0.991. The van der Waals surface area contributed by atoms with E-state index in [1.165, 1.54) is 6.92 Å². The average Bonchev–Trinajstić information content (AvgIpc) is 2.88. The van der Waals surface area contributed by atoms with Crippen LogP contribution in [0.15, 0.2) is 23.1 Å². The summed E-state index contributed by atoms with van der Waals surface area (Å²) in [4.78, 5) is 50.0. The first kappa shape index (κ1) is 19.1. The van der Waals surface area contributed by atoms with Crippen LogP contribution >= 0.6 is 0 Å². The highest BCUT2D eigenvalue weighted by Crippen LogP contribution is 2.23. The molecule has 0 saturated carbocycles. The van der Waals surface area contributed by atoms with E-state index in [4.69, 9.17) is 4.74 Å². The van der Waals surface area contributed by atoms with Gasteiger partial charge >= 0.3 is 5.97 Å². The summed E-state index contributed by atoms with van der Waals surface area (Å²) in [6, 6.07) is 1.13. The number of aromatic amines is 1. The number of ketones is 1. The molecule has 0 bridgehead atoms. The van der Waals surface area contributed by atoms with Crippen LogP contribution in [0, 0.1) is 24.0 Å². The number of hydrogen-bond acceptors (Lipinski definition) is 6. The molecule has 0 radical (unpaired) electrons. The fourth-order valence-corrected chi connectivity index (χ4v) is 2.74. The number of carbonyl (C=O) groups is 2.